The molecule has 100 valence electrons. The molecule has 1 atom stereocenters. The summed E-state index contributed by atoms with van der Waals surface area (Å²) < 4.78 is 10.1. The Morgan fingerprint density at radius 3 is 2.56 bits per heavy atom. The Kier molecular flexibility index (Phi) is 6.22. The number of carbonyl (C=O) groups excluding carboxylic acids is 1. The first-order valence-electron chi connectivity index (χ1n) is 6.20. The average molecular weight is 251 g/mol. The highest BCUT2D eigenvalue weighted by Gasteiger charge is 2.04. The predicted octanol–water partition coefficient (Wildman–Crippen LogP) is 1.78. The molecule has 1 aromatic rings. The minimum Gasteiger partial charge on any atom is -0.482 e. The summed E-state index contributed by atoms with van der Waals surface area (Å²) in [6.45, 7) is 4.24. The molecule has 1 aromatic carbocycles. The standard InChI is InChI=1S/C14H21NO3/c1-4-17-14(16)10-18-13-7-5-12(6-8-13)9-11(2)15-3/h5-8,11,15H,4,9-10H2,1-3H3. The number of esters is 1. The van der Waals surface area contributed by atoms with Crippen LogP contribution in [0.15, 0.2) is 24.3 Å². The van der Waals surface area contributed by atoms with Gasteiger partial charge in [0.05, 0.1) is 6.61 Å². The highest BCUT2D eigenvalue weighted by atomic mass is 16.6. The van der Waals surface area contributed by atoms with Gasteiger partial charge in [-0.1, -0.05) is 12.1 Å². The van der Waals surface area contributed by atoms with Gasteiger partial charge in [0, 0.05) is 6.04 Å². The van der Waals surface area contributed by atoms with Crippen LogP contribution < -0.4 is 10.1 Å². The molecule has 0 aromatic heterocycles. The number of rotatable bonds is 7. The smallest absolute Gasteiger partial charge is 0.344 e. The van der Waals surface area contributed by atoms with Gasteiger partial charge < -0.3 is 14.8 Å². The molecule has 0 radical (unpaired) electrons. The summed E-state index contributed by atoms with van der Waals surface area (Å²) in [7, 11) is 1.95. The molecule has 0 saturated carbocycles. The molecule has 0 aliphatic carbocycles. The lowest BCUT2D eigenvalue weighted by molar-refractivity contribution is -0.145. The van der Waals surface area contributed by atoms with Gasteiger partial charge in [-0.2, -0.15) is 0 Å². The summed E-state index contributed by atoms with van der Waals surface area (Å²) in [4.78, 5) is 11.1. The van der Waals surface area contributed by atoms with Crippen LogP contribution in [-0.2, 0) is 16.0 Å². The predicted molar refractivity (Wildman–Crippen MR) is 70.8 cm³/mol. The molecular weight excluding hydrogens is 230 g/mol. The fourth-order valence-corrected chi connectivity index (χ4v) is 1.52. The fraction of sp³-hybridized carbons (Fsp3) is 0.500. The van der Waals surface area contributed by atoms with Crippen molar-refractivity contribution in [1.82, 2.24) is 5.32 Å². The van der Waals surface area contributed by atoms with Gasteiger partial charge in [-0.15, -0.1) is 0 Å². The lowest BCUT2D eigenvalue weighted by Crippen LogP contribution is -2.23. The quantitative estimate of drug-likeness (QED) is 0.750. The van der Waals surface area contributed by atoms with Gasteiger partial charge in [0.25, 0.3) is 0 Å². The zero-order valence-electron chi connectivity index (χ0n) is 11.2. The molecule has 0 fully saturated rings. The van der Waals surface area contributed by atoms with Crippen LogP contribution in [0.5, 0.6) is 5.75 Å². The monoisotopic (exact) mass is 251 g/mol. The summed E-state index contributed by atoms with van der Waals surface area (Å²) in [5, 5.41) is 3.19. The third kappa shape index (κ3) is 5.19. The molecule has 0 aliphatic heterocycles. The molecule has 0 saturated heterocycles. The second-order valence-electron chi connectivity index (χ2n) is 4.13. The van der Waals surface area contributed by atoms with Crippen molar-refractivity contribution in [3.05, 3.63) is 29.8 Å². The Balaban J connectivity index is 2.42. The Hall–Kier alpha value is -1.55. The normalized spacial score (nSPS) is 11.9. The molecular formula is C14H21NO3. The van der Waals surface area contributed by atoms with Crippen LogP contribution >= 0.6 is 0 Å². The minimum atomic E-state index is -0.342. The van der Waals surface area contributed by atoms with Crippen molar-refractivity contribution >= 4 is 5.97 Å². The van der Waals surface area contributed by atoms with E-state index in [9.17, 15) is 4.79 Å². The lowest BCUT2D eigenvalue weighted by atomic mass is 10.1. The molecule has 18 heavy (non-hydrogen) atoms. The third-order valence-electron chi connectivity index (χ3n) is 2.62. The molecule has 4 nitrogen and oxygen atoms in total. The van der Waals surface area contributed by atoms with Gasteiger partial charge >= 0.3 is 5.97 Å². The van der Waals surface area contributed by atoms with Gasteiger partial charge in [-0.3, -0.25) is 0 Å². The summed E-state index contributed by atoms with van der Waals surface area (Å²) in [5.74, 6) is 0.342. The van der Waals surface area contributed by atoms with Crippen molar-refractivity contribution in [2.45, 2.75) is 26.3 Å². The van der Waals surface area contributed by atoms with Crippen molar-refractivity contribution in [3.63, 3.8) is 0 Å². The molecule has 1 unspecified atom stereocenters. The maximum absolute atomic E-state index is 11.1. The first-order chi connectivity index (χ1) is 8.65. The van der Waals surface area contributed by atoms with Crippen molar-refractivity contribution in [2.75, 3.05) is 20.3 Å². The van der Waals surface area contributed by atoms with Crippen molar-refractivity contribution in [3.8, 4) is 5.75 Å². The van der Waals surface area contributed by atoms with Crippen LogP contribution in [0, 0.1) is 0 Å². The summed E-state index contributed by atoms with van der Waals surface area (Å²) in [6, 6.07) is 8.20. The second kappa shape index (κ2) is 7.71. The van der Waals surface area contributed by atoms with Crippen LogP contribution in [0.2, 0.25) is 0 Å². The zero-order valence-corrected chi connectivity index (χ0v) is 11.2. The third-order valence-corrected chi connectivity index (χ3v) is 2.62. The van der Waals surface area contributed by atoms with E-state index in [1.54, 1.807) is 6.92 Å². The molecule has 0 spiro atoms. The first-order valence-corrected chi connectivity index (χ1v) is 6.20. The fourth-order valence-electron chi connectivity index (χ4n) is 1.52. The Morgan fingerprint density at radius 2 is 2.00 bits per heavy atom. The minimum absolute atomic E-state index is 0.0416. The summed E-state index contributed by atoms with van der Waals surface area (Å²) in [5.41, 5.74) is 1.24. The number of carbonyl (C=O) groups is 1. The van der Waals surface area contributed by atoms with Gasteiger partial charge in [0.2, 0.25) is 0 Å². The SMILES string of the molecule is CCOC(=O)COc1ccc(CC(C)NC)cc1. The van der Waals surface area contributed by atoms with E-state index in [4.69, 9.17) is 9.47 Å². The van der Waals surface area contributed by atoms with Gasteiger partial charge in [-0.05, 0) is 45.0 Å². The highest BCUT2D eigenvalue weighted by Crippen LogP contribution is 2.13. The van der Waals surface area contributed by atoms with Gasteiger partial charge in [0.1, 0.15) is 5.75 Å². The highest BCUT2D eigenvalue weighted by molar-refractivity contribution is 5.71. The summed E-state index contributed by atoms with van der Waals surface area (Å²) in [6.07, 6.45) is 0.967. The van der Waals surface area contributed by atoms with Crippen LogP contribution in [-0.4, -0.2) is 32.3 Å². The van der Waals surface area contributed by atoms with Crippen molar-refractivity contribution < 1.29 is 14.3 Å². The van der Waals surface area contributed by atoms with Gasteiger partial charge in [0.15, 0.2) is 6.61 Å². The second-order valence-corrected chi connectivity index (χ2v) is 4.13. The van der Waals surface area contributed by atoms with Crippen LogP contribution in [0.3, 0.4) is 0 Å². The maximum atomic E-state index is 11.1. The van der Waals surface area contributed by atoms with E-state index < -0.39 is 0 Å². The molecule has 1 rings (SSSR count). The van der Waals surface area contributed by atoms with Crippen LogP contribution in [0.25, 0.3) is 0 Å². The van der Waals surface area contributed by atoms with E-state index in [2.05, 4.69) is 12.2 Å². The van der Waals surface area contributed by atoms with E-state index in [0.29, 0.717) is 18.4 Å². The van der Waals surface area contributed by atoms with Crippen LogP contribution in [0.4, 0.5) is 0 Å². The molecule has 0 aliphatic rings. The van der Waals surface area contributed by atoms with E-state index >= 15 is 0 Å². The lowest BCUT2D eigenvalue weighted by Gasteiger charge is -2.10. The Morgan fingerprint density at radius 1 is 1.33 bits per heavy atom. The Bertz CT molecular complexity index is 362. The van der Waals surface area contributed by atoms with Crippen molar-refractivity contribution in [2.24, 2.45) is 0 Å². The number of hydrogen-bond donors (Lipinski definition) is 1. The largest absolute Gasteiger partial charge is 0.482 e. The van der Waals surface area contributed by atoms with E-state index in [-0.39, 0.29) is 12.6 Å². The molecule has 0 bridgehead atoms. The van der Waals surface area contributed by atoms with E-state index in [1.165, 1.54) is 5.56 Å². The Labute approximate surface area is 108 Å². The number of benzene rings is 1. The summed E-state index contributed by atoms with van der Waals surface area (Å²) >= 11 is 0. The number of nitrogens with one attached hydrogen (secondary N) is 1. The van der Waals surface area contributed by atoms with E-state index in [0.717, 1.165) is 6.42 Å². The van der Waals surface area contributed by atoms with Gasteiger partial charge in [-0.25, -0.2) is 4.79 Å². The van der Waals surface area contributed by atoms with E-state index in [1.807, 2.05) is 31.3 Å². The average Bonchev–Trinajstić information content (AvgIpc) is 2.38. The zero-order chi connectivity index (χ0) is 13.4. The first kappa shape index (κ1) is 14.5. The number of hydrogen-bond acceptors (Lipinski definition) is 4. The maximum Gasteiger partial charge on any atom is 0.344 e. The molecule has 0 amide bonds. The number of ether oxygens (including phenoxy) is 2. The molecule has 0 heterocycles. The van der Waals surface area contributed by atoms with Crippen molar-refractivity contribution in [1.29, 1.82) is 0 Å². The number of likely N-dealkylation sites (N-methyl/N-ethyl adjacent to an activating group) is 1. The molecule has 1 N–H and O–H groups in total. The topological polar surface area (TPSA) is 47.6 Å². The van der Waals surface area contributed by atoms with Crippen LogP contribution in [0.1, 0.15) is 19.4 Å². The molecule has 4 heteroatoms.